The highest BCUT2D eigenvalue weighted by Crippen LogP contribution is 2.34. The van der Waals surface area contributed by atoms with E-state index in [1.165, 1.54) is 7.11 Å². The number of nitrogens with zero attached hydrogens (tertiary/aromatic N) is 1. The van der Waals surface area contributed by atoms with Crippen molar-refractivity contribution in [3.8, 4) is 11.5 Å². The molecule has 0 radical (unpaired) electrons. The minimum atomic E-state index is -0.268. The molecule has 1 aromatic rings. The number of phenolic OH excluding ortho intramolecular Hbond substituents is 1. The maximum atomic E-state index is 11.1. The molecule has 0 spiro atoms. The molecule has 104 valence electrons. The van der Waals surface area contributed by atoms with Crippen LogP contribution in [-0.4, -0.2) is 36.1 Å². The van der Waals surface area contributed by atoms with Crippen LogP contribution in [0.4, 0.5) is 0 Å². The number of carbonyl (C=O) groups excluding carboxylic acids is 1. The van der Waals surface area contributed by atoms with Gasteiger partial charge < -0.3 is 15.6 Å². The fourth-order valence-corrected chi connectivity index (χ4v) is 2.58. The van der Waals surface area contributed by atoms with Crippen molar-refractivity contribution in [1.29, 1.82) is 0 Å². The Bertz CT molecular complexity index is 493. The summed E-state index contributed by atoms with van der Waals surface area (Å²) in [5.74, 6) is 0.0705. The van der Waals surface area contributed by atoms with Crippen LogP contribution in [0.2, 0.25) is 5.02 Å². The van der Waals surface area contributed by atoms with Gasteiger partial charge in [0.1, 0.15) is 0 Å². The summed E-state index contributed by atoms with van der Waals surface area (Å²) in [4.78, 5) is 13.2. The number of amides is 1. The van der Waals surface area contributed by atoms with Crippen molar-refractivity contribution in [2.24, 2.45) is 11.7 Å². The number of methoxy groups -OCH3 is 1. The molecule has 1 aromatic carbocycles. The standard InChI is InChI=1S/C13H17ClN2O3/c1-19-11-5-10(14)4-9(12(11)17)7-16-3-2-8(6-16)13(15)18/h4-5,8,17H,2-3,6-7H2,1H3,(H2,15,18). The van der Waals surface area contributed by atoms with Crippen molar-refractivity contribution >= 4 is 17.5 Å². The number of carbonyl (C=O) groups is 1. The maximum Gasteiger partial charge on any atom is 0.221 e. The molecule has 0 aliphatic carbocycles. The molecule has 1 aliphatic rings. The third-order valence-corrected chi connectivity index (χ3v) is 3.63. The van der Waals surface area contributed by atoms with Crippen LogP contribution in [0.15, 0.2) is 12.1 Å². The Hall–Kier alpha value is -1.46. The zero-order valence-electron chi connectivity index (χ0n) is 10.7. The number of halogens is 1. The van der Waals surface area contributed by atoms with Gasteiger partial charge in [-0.1, -0.05) is 11.6 Å². The second-order valence-corrected chi connectivity index (χ2v) is 5.18. The molecule has 1 unspecified atom stereocenters. The highest BCUT2D eigenvalue weighted by atomic mass is 35.5. The van der Waals surface area contributed by atoms with Gasteiger partial charge in [-0.25, -0.2) is 0 Å². The predicted octanol–water partition coefficient (Wildman–Crippen LogP) is 1.36. The molecule has 0 aromatic heterocycles. The highest BCUT2D eigenvalue weighted by molar-refractivity contribution is 6.30. The van der Waals surface area contributed by atoms with Crippen LogP contribution < -0.4 is 10.5 Å². The highest BCUT2D eigenvalue weighted by Gasteiger charge is 2.27. The fourth-order valence-electron chi connectivity index (χ4n) is 2.35. The minimum Gasteiger partial charge on any atom is -0.504 e. The number of rotatable bonds is 4. The average Bonchev–Trinajstić information content (AvgIpc) is 2.82. The molecule has 1 saturated heterocycles. The van der Waals surface area contributed by atoms with Crippen LogP contribution in [0.25, 0.3) is 0 Å². The molecular weight excluding hydrogens is 268 g/mol. The molecule has 1 aliphatic heterocycles. The molecule has 5 nitrogen and oxygen atoms in total. The Labute approximate surface area is 116 Å². The molecule has 3 N–H and O–H groups in total. The zero-order valence-corrected chi connectivity index (χ0v) is 11.5. The first-order valence-electron chi connectivity index (χ1n) is 6.08. The van der Waals surface area contributed by atoms with Crippen molar-refractivity contribution in [1.82, 2.24) is 4.90 Å². The Morgan fingerprint density at radius 1 is 1.63 bits per heavy atom. The number of phenols is 1. The molecule has 0 bridgehead atoms. The molecule has 0 saturated carbocycles. The smallest absolute Gasteiger partial charge is 0.221 e. The summed E-state index contributed by atoms with van der Waals surface area (Å²) in [7, 11) is 1.48. The van der Waals surface area contributed by atoms with E-state index in [1.54, 1.807) is 12.1 Å². The maximum absolute atomic E-state index is 11.1. The fraction of sp³-hybridized carbons (Fsp3) is 0.462. The number of primary amides is 1. The lowest BCUT2D eigenvalue weighted by Crippen LogP contribution is -2.27. The third kappa shape index (κ3) is 3.11. The Morgan fingerprint density at radius 2 is 2.37 bits per heavy atom. The first kappa shape index (κ1) is 14.0. The van der Waals surface area contributed by atoms with E-state index in [-0.39, 0.29) is 17.6 Å². The molecule has 6 heteroatoms. The van der Waals surface area contributed by atoms with Crippen LogP contribution in [0.5, 0.6) is 11.5 Å². The number of likely N-dealkylation sites (tertiary alicyclic amines) is 1. The van der Waals surface area contributed by atoms with Gasteiger partial charge in [0.2, 0.25) is 5.91 Å². The first-order chi connectivity index (χ1) is 9.01. The summed E-state index contributed by atoms with van der Waals surface area (Å²) in [5, 5.41) is 10.6. The second kappa shape index (κ2) is 5.67. The van der Waals surface area contributed by atoms with Crippen LogP contribution >= 0.6 is 11.6 Å². The molecular formula is C13H17ClN2O3. The normalized spacial score (nSPS) is 19.6. The number of nitrogens with two attached hydrogens (primary N) is 1. The quantitative estimate of drug-likeness (QED) is 0.875. The number of benzene rings is 1. The summed E-state index contributed by atoms with van der Waals surface area (Å²) in [6.07, 6.45) is 0.758. The Kier molecular flexibility index (Phi) is 4.17. The zero-order chi connectivity index (χ0) is 14.0. The van der Waals surface area contributed by atoms with E-state index < -0.39 is 0 Å². The van der Waals surface area contributed by atoms with Crippen LogP contribution in [0.3, 0.4) is 0 Å². The number of hydrogen-bond acceptors (Lipinski definition) is 4. The summed E-state index contributed by atoms with van der Waals surface area (Å²) >= 11 is 5.98. The van der Waals surface area contributed by atoms with Crippen molar-refractivity contribution in [3.63, 3.8) is 0 Å². The molecule has 2 rings (SSSR count). The third-order valence-electron chi connectivity index (χ3n) is 3.41. The summed E-state index contributed by atoms with van der Waals surface area (Å²) in [6.45, 7) is 1.91. The van der Waals surface area contributed by atoms with Gasteiger partial charge in [0.05, 0.1) is 13.0 Å². The van der Waals surface area contributed by atoms with Crippen molar-refractivity contribution < 1.29 is 14.6 Å². The van der Waals surface area contributed by atoms with E-state index in [2.05, 4.69) is 4.90 Å². The Morgan fingerprint density at radius 3 is 2.95 bits per heavy atom. The van der Waals surface area contributed by atoms with Crippen molar-refractivity contribution in [2.45, 2.75) is 13.0 Å². The molecule has 1 atom stereocenters. The van der Waals surface area contributed by atoms with Crippen LogP contribution in [0, 0.1) is 5.92 Å². The van der Waals surface area contributed by atoms with Gasteiger partial charge in [0, 0.05) is 29.7 Å². The van der Waals surface area contributed by atoms with E-state index in [0.717, 1.165) is 13.0 Å². The van der Waals surface area contributed by atoms with Gasteiger partial charge in [0.15, 0.2) is 11.5 Å². The van der Waals surface area contributed by atoms with E-state index in [0.29, 0.717) is 29.4 Å². The number of ether oxygens (including phenoxy) is 1. The lowest BCUT2D eigenvalue weighted by molar-refractivity contribution is -0.121. The van der Waals surface area contributed by atoms with E-state index in [9.17, 15) is 9.90 Å². The number of hydrogen-bond donors (Lipinski definition) is 2. The van der Waals surface area contributed by atoms with Gasteiger partial charge in [-0.3, -0.25) is 9.69 Å². The summed E-state index contributed by atoms with van der Waals surface area (Å²) < 4.78 is 5.06. The van der Waals surface area contributed by atoms with Gasteiger partial charge >= 0.3 is 0 Å². The lowest BCUT2D eigenvalue weighted by atomic mass is 10.1. The van der Waals surface area contributed by atoms with Gasteiger partial charge in [-0.2, -0.15) is 0 Å². The summed E-state index contributed by atoms with van der Waals surface area (Å²) in [6, 6.07) is 3.27. The van der Waals surface area contributed by atoms with Gasteiger partial charge in [0.25, 0.3) is 0 Å². The van der Waals surface area contributed by atoms with Gasteiger partial charge in [-0.05, 0) is 19.0 Å². The molecule has 1 heterocycles. The van der Waals surface area contributed by atoms with E-state index >= 15 is 0 Å². The topological polar surface area (TPSA) is 75.8 Å². The van der Waals surface area contributed by atoms with Gasteiger partial charge in [-0.15, -0.1) is 0 Å². The second-order valence-electron chi connectivity index (χ2n) is 4.74. The monoisotopic (exact) mass is 284 g/mol. The first-order valence-corrected chi connectivity index (χ1v) is 6.46. The van der Waals surface area contributed by atoms with Crippen LogP contribution in [-0.2, 0) is 11.3 Å². The van der Waals surface area contributed by atoms with Crippen LogP contribution in [0.1, 0.15) is 12.0 Å². The predicted molar refractivity (Wildman–Crippen MR) is 72.2 cm³/mol. The molecule has 1 amide bonds. The van der Waals surface area contributed by atoms with Crippen molar-refractivity contribution in [2.75, 3.05) is 20.2 Å². The molecule has 1 fully saturated rings. The molecule has 19 heavy (non-hydrogen) atoms. The van der Waals surface area contributed by atoms with Crippen molar-refractivity contribution in [3.05, 3.63) is 22.7 Å². The minimum absolute atomic E-state index is 0.0921. The lowest BCUT2D eigenvalue weighted by Gasteiger charge is -2.17. The summed E-state index contributed by atoms with van der Waals surface area (Å²) in [5.41, 5.74) is 5.99. The van der Waals surface area contributed by atoms with E-state index in [1.807, 2.05) is 0 Å². The Balaban J connectivity index is 2.12. The SMILES string of the molecule is COc1cc(Cl)cc(CN2CCC(C(N)=O)C2)c1O. The average molecular weight is 285 g/mol. The van der Waals surface area contributed by atoms with E-state index in [4.69, 9.17) is 22.1 Å². The number of aromatic hydroxyl groups is 1. The largest absolute Gasteiger partial charge is 0.504 e.